The highest BCUT2D eigenvalue weighted by Crippen LogP contribution is 2.83. The van der Waals surface area contributed by atoms with Crippen molar-refractivity contribution < 1.29 is 0 Å². The van der Waals surface area contributed by atoms with Gasteiger partial charge in [0.15, 0.2) is 0 Å². The maximum Gasteiger partial charge on any atom is 0.0868 e. The van der Waals surface area contributed by atoms with Crippen LogP contribution in [0.25, 0.3) is 0 Å². The van der Waals surface area contributed by atoms with Crippen LogP contribution in [0.2, 0.25) is 36.3 Å². The van der Waals surface area contributed by atoms with Crippen molar-refractivity contribution in [2.45, 2.75) is 104 Å². The smallest absolute Gasteiger partial charge is 0.0650 e. The summed E-state index contributed by atoms with van der Waals surface area (Å²) in [4.78, 5) is 4.01. The molecule has 21 heavy (non-hydrogen) atoms. The first-order chi connectivity index (χ1) is 8.87. The molecule has 1 aliphatic rings. The van der Waals surface area contributed by atoms with Crippen molar-refractivity contribution >= 4 is 24.1 Å². The summed E-state index contributed by atoms with van der Waals surface area (Å²) in [6, 6.07) is 0. The number of hydrogen-bond donors (Lipinski definition) is 0. The quantitative estimate of drug-likeness (QED) is 0.358. The summed E-state index contributed by atoms with van der Waals surface area (Å²) in [5.41, 5.74) is 0. The summed E-state index contributed by atoms with van der Waals surface area (Å²) < 4.78 is 0. The van der Waals surface area contributed by atoms with Gasteiger partial charge in [-0.15, -0.1) is 0 Å². The van der Waals surface area contributed by atoms with Crippen molar-refractivity contribution in [2.75, 3.05) is 0 Å². The van der Waals surface area contributed by atoms with E-state index in [0.29, 0.717) is 15.2 Å². The average molecular weight is 343 g/mol. The zero-order valence-corrected chi connectivity index (χ0v) is 19.8. The molecule has 0 unspecified atom stereocenters. The van der Waals surface area contributed by atoms with Crippen LogP contribution in [0, 0.1) is 0 Å². The van der Waals surface area contributed by atoms with E-state index in [4.69, 9.17) is 0 Å². The van der Waals surface area contributed by atoms with Crippen molar-refractivity contribution in [2.24, 2.45) is 0 Å². The fourth-order valence-corrected chi connectivity index (χ4v) is 20.5. The molecule has 124 valence electrons. The Kier molecular flexibility index (Phi) is 4.72. The molecule has 3 heteroatoms. The monoisotopic (exact) mass is 342 g/mol. The van der Waals surface area contributed by atoms with Gasteiger partial charge in [0, 0.05) is 0 Å². The molecule has 0 nitrogen and oxygen atoms in total. The minimum atomic E-state index is -1.35. The van der Waals surface area contributed by atoms with Gasteiger partial charge >= 0.3 is 0 Å². The summed E-state index contributed by atoms with van der Waals surface area (Å²) >= 11 is 0. The van der Waals surface area contributed by atoms with E-state index in [1.165, 1.54) is 0 Å². The number of rotatable bonds is 2. The second kappa shape index (κ2) is 5.05. The zero-order chi connectivity index (χ0) is 17.2. The van der Waals surface area contributed by atoms with E-state index < -0.39 is 16.1 Å². The van der Waals surface area contributed by atoms with Gasteiger partial charge in [0.25, 0.3) is 0 Å². The molecule has 1 heterocycles. The Labute approximate surface area is 138 Å². The van der Waals surface area contributed by atoms with Gasteiger partial charge < -0.3 is 0 Å². The third-order valence-corrected chi connectivity index (χ3v) is 24.4. The predicted molar refractivity (Wildman–Crippen MR) is 108 cm³/mol. The molecule has 0 aromatic heterocycles. The van der Waals surface area contributed by atoms with E-state index in [0.717, 1.165) is 0 Å². The molecular weight excluding hydrogens is 303 g/mol. The van der Waals surface area contributed by atoms with Crippen LogP contribution in [-0.2, 0) is 0 Å². The molecular formula is C18H39PSi2. The Morgan fingerprint density at radius 1 is 0.571 bits per heavy atom. The van der Waals surface area contributed by atoms with Crippen LogP contribution in [0.3, 0.4) is 0 Å². The van der Waals surface area contributed by atoms with E-state index in [1.54, 1.807) is 0 Å². The van der Waals surface area contributed by atoms with Gasteiger partial charge in [-0.3, -0.25) is 0 Å². The molecule has 0 atom stereocenters. The molecule has 0 amide bonds. The van der Waals surface area contributed by atoms with Crippen molar-refractivity contribution in [3.63, 3.8) is 0 Å². The van der Waals surface area contributed by atoms with E-state index in [-0.39, 0.29) is 7.92 Å². The molecule has 1 rings (SSSR count). The van der Waals surface area contributed by atoms with Crippen molar-refractivity contribution in [1.29, 1.82) is 0 Å². The molecule has 0 aromatic carbocycles. The van der Waals surface area contributed by atoms with Crippen LogP contribution in [0.5, 0.6) is 0 Å². The lowest BCUT2D eigenvalue weighted by Gasteiger charge is -2.37. The highest BCUT2D eigenvalue weighted by molar-refractivity contribution is 7.83. The third kappa shape index (κ3) is 3.28. The van der Waals surface area contributed by atoms with Gasteiger partial charge in [-0.1, -0.05) is 106 Å². The fourth-order valence-electron chi connectivity index (χ4n) is 2.70. The van der Waals surface area contributed by atoms with Crippen LogP contribution < -0.4 is 0 Å². The van der Waals surface area contributed by atoms with Crippen LogP contribution >= 0.6 is 7.92 Å². The summed E-state index contributed by atoms with van der Waals surface area (Å²) in [5, 5.41) is 1.40. The predicted octanol–water partition coefficient (Wildman–Crippen LogP) is 7.59. The van der Waals surface area contributed by atoms with Crippen LogP contribution in [0.4, 0.5) is 0 Å². The van der Waals surface area contributed by atoms with E-state index in [9.17, 15) is 0 Å². The van der Waals surface area contributed by atoms with Gasteiger partial charge in [0.05, 0.1) is 16.1 Å². The van der Waals surface area contributed by atoms with E-state index in [1.807, 2.05) is 9.87 Å². The second-order valence-corrected chi connectivity index (χ2v) is 25.2. The molecule has 0 fully saturated rings. The average Bonchev–Trinajstić information content (AvgIpc) is 2.87. The molecule has 0 aromatic rings. The van der Waals surface area contributed by atoms with Crippen molar-refractivity contribution in [1.82, 2.24) is 0 Å². The van der Waals surface area contributed by atoms with Crippen LogP contribution in [0.15, 0.2) is 9.87 Å². The minimum Gasteiger partial charge on any atom is -0.0650 e. The molecule has 0 aliphatic carbocycles. The Balaban J connectivity index is 3.44. The summed E-state index contributed by atoms with van der Waals surface area (Å²) in [6.45, 7) is 32.8. The van der Waals surface area contributed by atoms with Gasteiger partial charge in [-0.2, -0.15) is 0 Å². The van der Waals surface area contributed by atoms with E-state index >= 15 is 0 Å². The Morgan fingerprint density at radius 3 is 0.952 bits per heavy atom. The highest BCUT2D eigenvalue weighted by atomic mass is 31.1. The Morgan fingerprint density at radius 2 is 0.810 bits per heavy atom. The maximum atomic E-state index is 2.63. The fraction of sp³-hybridized carbons (Fsp3) is 0.889. The van der Waals surface area contributed by atoms with E-state index in [2.05, 4.69) is 88.5 Å². The first-order valence-corrected chi connectivity index (χ1v) is 15.8. The van der Waals surface area contributed by atoms with Gasteiger partial charge in [0.2, 0.25) is 0 Å². The van der Waals surface area contributed by atoms with Gasteiger partial charge in [-0.05, 0) is 15.2 Å². The number of hydrogen-bond acceptors (Lipinski definition) is 0. The molecule has 0 saturated carbocycles. The normalized spacial score (nSPS) is 19.3. The molecule has 0 bridgehead atoms. The SMILES string of the molecule is CC(C)(C)P1C([Si](C)(C)C(C)(C)C)=C1[Si](C)(C)C(C)(C)C. The molecule has 0 spiro atoms. The largest absolute Gasteiger partial charge is 0.0868 e. The topological polar surface area (TPSA) is 0 Å². The molecule has 0 saturated heterocycles. The van der Waals surface area contributed by atoms with Crippen molar-refractivity contribution in [3.05, 3.63) is 9.87 Å². The molecule has 0 N–H and O–H groups in total. The lowest BCUT2D eigenvalue weighted by molar-refractivity contribution is 0.725. The van der Waals surface area contributed by atoms with Crippen molar-refractivity contribution in [3.8, 4) is 0 Å². The van der Waals surface area contributed by atoms with Crippen LogP contribution in [-0.4, -0.2) is 21.3 Å². The second-order valence-electron chi connectivity index (χ2n) is 11.0. The third-order valence-electron chi connectivity index (χ3n) is 6.23. The van der Waals surface area contributed by atoms with Crippen LogP contribution in [0.1, 0.15) is 62.3 Å². The maximum absolute atomic E-state index is 2.63. The highest BCUT2D eigenvalue weighted by Gasteiger charge is 2.60. The minimum absolute atomic E-state index is 0.0338. The standard InChI is InChI=1S/C18H39PSi2/c1-16(2,3)19-14(20(10,11)17(4,5)6)15(19)21(12,13)18(7,8)9/h1-13H3. The lowest BCUT2D eigenvalue weighted by atomic mass is 10.2. The lowest BCUT2D eigenvalue weighted by Crippen LogP contribution is -2.39. The summed E-state index contributed by atoms with van der Waals surface area (Å²) in [5.74, 6) is 0. The van der Waals surface area contributed by atoms with Gasteiger partial charge in [0.1, 0.15) is 0 Å². The molecule has 0 radical (unpaired) electrons. The first kappa shape index (κ1) is 19.7. The summed E-state index contributed by atoms with van der Waals surface area (Å²) in [7, 11) is -2.67. The van der Waals surface area contributed by atoms with Gasteiger partial charge in [-0.25, -0.2) is 0 Å². The summed E-state index contributed by atoms with van der Waals surface area (Å²) in [6.07, 6.45) is 0. The Bertz CT molecular complexity index is 415. The zero-order valence-electron chi connectivity index (χ0n) is 16.9. The first-order valence-electron chi connectivity index (χ1n) is 8.42. The molecule has 1 aliphatic heterocycles. The Hall–Kier alpha value is 0.604.